The highest BCUT2D eigenvalue weighted by atomic mass is 19.4. The van der Waals surface area contributed by atoms with Gasteiger partial charge in [-0.3, -0.25) is 10.1 Å². The van der Waals surface area contributed by atoms with E-state index in [9.17, 15) is 23.3 Å². The average Bonchev–Trinajstić information content (AvgIpc) is 2.45. The molecule has 1 aliphatic rings. The molecule has 0 atom stereocenters. The molecule has 21 heavy (non-hydrogen) atoms. The van der Waals surface area contributed by atoms with E-state index in [1.165, 1.54) is 4.90 Å². The van der Waals surface area contributed by atoms with E-state index in [-0.39, 0.29) is 37.6 Å². The lowest BCUT2D eigenvalue weighted by Crippen LogP contribution is -2.37. The molecule has 0 amide bonds. The summed E-state index contributed by atoms with van der Waals surface area (Å²) < 4.78 is 43.7. The van der Waals surface area contributed by atoms with E-state index >= 15 is 0 Å². The van der Waals surface area contributed by atoms with Crippen molar-refractivity contribution in [2.24, 2.45) is 0 Å². The Morgan fingerprint density at radius 2 is 1.95 bits per heavy atom. The number of hydrogen-bond acceptors (Lipinski definition) is 5. The largest absolute Gasteiger partial charge is 0.416 e. The summed E-state index contributed by atoms with van der Waals surface area (Å²) >= 11 is 0. The van der Waals surface area contributed by atoms with Crippen LogP contribution in [0.5, 0.6) is 0 Å². The molecule has 0 aliphatic carbocycles. The molecule has 2 rings (SSSR count). The molecule has 0 aromatic heterocycles. The Kier molecular flexibility index (Phi) is 3.99. The number of nitriles is 1. The minimum atomic E-state index is -4.72. The van der Waals surface area contributed by atoms with Crippen LogP contribution in [0.1, 0.15) is 11.1 Å². The number of anilines is 1. The Hall–Kier alpha value is -2.34. The lowest BCUT2D eigenvalue weighted by Gasteiger charge is -2.29. The van der Waals surface area contributed by atoms with Crippen LogP contribution in [-0.4, -0.2) is 31.2 Å². The van der Waals surface area contributed by atoms with Gasteiger partial charge in [0.15, 0.2) is 5.56 Å². The van der Waals surface area contributed by atoms with Crippen molar-refractivity contribution in [1.29, 1.82) is 5.26 Å². The maximum absolute atomic E-state index is 12.9. The lowest BCUT2D eigenvalue weighted by atomic mass is 10.1. The van der Waals surface area contributed by atoms with Crippen molar-refractivity contribution in [1.82, 2.24) is 0 Å². The molecule has 1 saturated heterocycles. The van der Waals surface area contributed by atoms with Gasteiger partial charge in [-0.1, -0.05) is 0 Å². The second kappa shape index (κ2) is 5.57. The fourth-order valence-electron chi connectivity index (χ4n) is 2.09. The smallest absolute Gasteiger partial charge is 0.378 e. The fraction of sp³-hybridized carbons (Fsp3) is 0.417. The summed E-state index contributed by atoms with van der Waals surface area (Å²) in [6, 6.07) is 2.80. The molecule has 0 spiro atoms. The second-order valence-electron chi connectivity index (χ2n) is 4.36. The van der Waals surface area contributed by atoms with Crippen molar-refractivity contribution in [3.63, 3.8) is 0 Å². The predicted molar refractivity (Wildman–Crippen MR) is 65.8 cm³/mol. The highest BCUT2D eigenvalue weighted by Crippen LogP contribution is 2.38. The Balaban J connectivity index is 2.62. The van der Waals surface area contributed by atoms with Gasteiger partial charge in [-0.25, -0.2) is 0 Å². The molecule has 6 nitrogen and oxygen atoms in total. The maximum atomic E-state index is 12.9. The van der Waals surface area contributed by atoms with Gasteiger partial charge in [0.2, 0.25) is 0 Å². The van der Waals surface area contributed by atoms with Crippen LogP contribution in [0.25, 0.3) is 0 Å². The molecule has 0 saturated carbocycles. The number of ether oxygens (including phenoxy) is 1. The van der Waals surface area contributed by atoms with Gasteiger partial charge in [0.1, 0.15) is 6.07 Å². The molecule has 0 radical (unpaired) electrons. The first-order valence-electron chi connectivity index (χ1n) is 5.97. The third-order valence-electron chi connectivity index (χ3n) is 3.08. The van der Waals surface area contributed by atoms with Crippen LogP contribution in [0.3, 0.4) is 0 Å². The summed E-state index contributed by atoms with van der Waals surface area (Å²) in [7, 11) is 0. The minimum absolute atomic E-state index is 0.0812. The molecule has 1 aromatic rings. The van der Waals surface area contributed by atoms with Gasteiger partial charge in [-0.15, -0.1) is 0 Å². The number of nitro benzene ring substituents is 1. The average molecular weight is 301 g/mol. The van der Waals surface area contributed by atoms with E-state index in [2.05, 4.69) is 0 Å². The number of morpholine rings is 1. The van der Waals surface area contributed by atoms with Crippen LogP contribution >= 0.6 is 0 Å². The van der Waals surface area contributed by atoms with E-state index in [0.29, 0.717) is 6.07 Å². The lowest BCUT2D eigenvalue weighted by molar-refractivity contribution is -0.385. The van der Waals surface area contributed by atoms with Crippen molar-refractivity contribution in [3.8, 4) is 6.07 Å². The van der Waals surface area contributed by atoms with Crippen molar-refractivity contribution >= 4 is 11.4 Å². The Morgan fingerprint density at radius 1 is 1.33 bits per heavy atom. The van der Waals surface area contributed by atoms with E-state index in [0.717, 1.165) is 6.07 Å². The highest BCUT2D eigenvalue weighted by molar-refractivity contribution is 5.69. The quantitative estimate of drug-likeness (QED) is 0.618. The normalized spacial score (nSPS) is 15.6. The van der Waals surface area contributed by atoms with Gasteiger partial charge in [0.25, 0.3) is 5.69 Å². The third-order valence-corrected chi connectivity index (χ3v) is 3.08. The summed E-state index contributed by atoms with van der Waals surface area (Å²) in [5.74, 6) is 0. The van der Waals surface area contributed by atoms with E-state index in [1.54, 1.807) is 6.07 Å². The molecule has 0 unspecified atom stereocenters. The van der Waals surface area contributed by atoms with E-state index < -0.39 is 22.4 Å². The first-order chi connectivity index (χ1) is 9.84. The number of hydrogen-bond donors (Lipinski definition) is 0. The van der Waals surface area contributed by atoms with Crippen molar-refractivity contribution < 1.29 is 22.8 Å². The predicted octanol–water partition coefficient (Wildman–Crippen LogP) is 2.32. The zero-order valence-electron chi connectivity index (χ0n) is 10.7. The molecular formula is C12H10F3N3O3. The molecule has 9 heteroatoms. The first-order valence-corrected chi connectivity index (χ1v) is 5.97. The summed E-state index contributed by atoms with van der Waals surface area (Å²) in [6.45, 7) is 1.12. The first kappa shape index (κ1) is 15.1. The third kappa shape index (κ3) is 3.05. The van der Waals surface area contributed by atoms with Crippen LogP contribution in [-0.2, 0) is 10.9 Å². The number of nitrogens with zero attached hydrogens (tertiary/aromatic N) is 3. The minimum Gasteiger partial charge on any atom is -0.378 e. The van der Waals surface area contributed by atoms with Gasteiger partial charge in [-0.2, -0.15) is 18.4 Å². The molecule has 1 aliphatic heterocycles. The van der Waals surface area contributed by atoms with Crippen LogP contribution in [0.15, 0.2) is 12.1 Å². The molecule has 112 valence electrons. The fourth-order valence-corrected chi connectivity index (χ4v) is 2.09. The molecule has 0 N–H and O–H groups in total. The Morgan fingerprint density at radius 3 is 2.43 bits per heavy atom. The molecule has 0 bridgehead atoms. The summed E-state index contributed by atoms with van der Waals surface area (Å²) in [5.41, 5.74) is -2.43. The van der Waals surface area contributed by atoms with Crippen LogP contribution in [0.4, 0.5) is 24.5 Å². The van der Waals surface area contributed by atoms with Gasteiger partial charge in [0, 0.05) is 19.2 Å². The number of benzene rings is 1. The van der Waals surface area contributed by atoms with E-state index in [1.807, 2.05) is 0 Å². The van der Waals surface area contributed by atoms with Gasteiger partial charge >= 0.3 is 6.18 Å². The van der Waals surface area contributed by atoms with Crippen LogP contribution in [0.2, 0.25) is 0 Å². The topological polar surface area (TPSA) is 79.4 Å². The number of alkyl halides is 3. The Labute approximate surface area is 117 Å². The van der Waals surface area contributed by atoms with Gasteiger partial charge < -0.3 is 9.64 Å². The zero-order chi connectivity index (χ0) is 15.6. The van der Waals surface area contributed by atoms with Crippen molar-refractivity contribution in [2.75, 3.05) is 31.2 Å². The number of rotatable bonds is 2. The maximum Gasteiger partial charge on any atom is 0.416 e. The molecule has 1 heterocycles. The molecular weight excluding hydrogens is 291 g/mol. The van der Waals surface area contributed by atoms with Gasteiger partial charge in [0.05, 0.1) is 29.4 Å². The van der Waals surface area contributed by atoms with Crippen molar-refractivity contribution in [2.45, 2.75) is 6.18 Å². The summed E-state index contributed by atoms with van der Waals surface area (Å²) in [4.78, 5) is 11.5. The zero-order valence-corrected chi connectivity index (χ0v) is 10.7. The number of halogens is 3. The summed E-state index contributed by atoms with van der Waals surface area (Å²) in [5, 5.41) is 20.0. The standard InChI is InChI=1S/C12H10F3N3O3/c13-12(14,15)8-5-10(17-1-3-21-4-2-17)9(7-16)11(6-8)18(19)20/h5-6H,1-4H2. The molecule has 1 fully saturated rings. The number of nitro groups is 1. The van der Waals surface area contributed by atoms with Crippen LogP contribution in [0, 0.1) is 21.4 Å². The SMILES string of the molecule is N#Cc1c(N2CCOCC2)cc(C(F)(F)F)cc1[N+](=O)[O-]. The van der Waals surface area contributed by atoms with Gasteiger partial charge in [-0.05, 0) is 6.07 Å². The Bertz CT molecular complexity index is 604. The monoisotopic (exact) mass is 301 g/mol. The molecule has 1 aromatic carbocycles. The van der Waals surface area contributed by atoms with Crippen LogP contribution < -0.4 is 4.90 Å². The highest BCUT2D eigenvalue weighted by Gasteiger charge is 2.35. The summed E-state index contributed by atoms with van der Waals surface area (Å²) in [6.07, 6.45) is -4.72. The van der Waals surface area contributed by atoms with E-state index in [4.69, 9.17) is 10.00 Å². The van der Waals surface area contributed by atoms with Crippen molar-refractivity contribution in [3.05, 3.63) is 33.4 Å². The second-order valence-corrected chi connectivity index (χ2v) is 4.36.